The number of allylic oxidation sites excluding steroid dienone is 4. The van der Waals surface area contributed by atoms with Gasteiger partial charge in [-0.2, -0.15) is 23.6 Å². The van der Waals surface area contributed by atoms with Crippen molar-refractivity contribution in [2.75, 3.05) is 0 Å². The van der Waals surface area contributed by atoms with E-state index in [0.29, 0.717) is 0 Å². The average Bonchev–Trinajstić information content (AvgIpc) is 3.36. The Morgan fingerprint density at radius 1 is 1.14 bits per heavy atom. The summed E-state index contributed by atoms with van der Waals surface area (Å²) in [5.41, 5.74) is 0. The molecule has 0 aromatic heterocycles. The molecular weight excluding hydrogens is 404 g/mol. The molecule has 0 bridgehead atoms. The van der Waals surface area contributed by atoms with Crippen LogP contribution in [0.4, 0.5) is 0 Å². The van der Waals surface area contributed by atoms with E-state index in [4.69, 9.17) is 19.8 Å². The van der Waals surface area contributed by atoms with Crippen molar-refractivity contribution in [1.82, 2.24) is 0 Å². The van der Waals surface area contributed by atoms with Gasteiger partial charge in [0.1, 0.15) is 0 Å². The fourth-order valence-electron chi connectivity index (χ4n) is 1.41. The average molecular weight is 426 g/mol. The third-order valence-corrected chi connectivity index (χ3v) is 2.38. The molecule has 0 spiro atoms. The van der Waals surface area contributed by atoms with E-state index in [-0.39, 0.29) is 6.19 Å². The Balaban J connectivity index is 0. The van der Waals surface area contributed by atoms with Crippen LogP contribution in [0.15, 0.2) is 60.7 Å². The second-order valence-corrected chi connectivity index (χ2v) is 11.7. The zero-order valence-corrected chi connectivity index (χ0v) is 18.4. The molecule has 0 heterocycles. The Morgan fingerprint density at radius 2 is 1.64 bits per heavy atom. The van der Waals surface area contributed by atoms with E-state index in [1.54, 1.807) is 0 Å². The van der Waals surface area contributed by atoms with Gasteiger partial charge in [0.25, 0.3) is 0 Å². The monoisotopic (exact) mass is 426 g/mol. The van der Waals surface area contributed by atoms with Crippen molar-refractivity contribution in [3.63, 3.8) is 0 Å². The first-order valence-electron chi connectivity index (χ1n) is 7.97. The van der Waals surface area contributed by atoms with Crippen molar-refractivity contribution in [3.05, 3.63) is 66.8 Å². The third kappa shape index (κ3) is 21.3. The number of carboxylic acids is 2. The van der Waals surface area contributed by atoms with Crippen LogP contribution >= 0.6 is 0 Å². The molecule has 1 aliphatic rings. The van der Waals surface area contributed by atoms with E-state index in [0.717, 1.165) is 6.42 Å². The molecule has 0 amide bonds. The van der Waals surface area contributed by atoms with Gasteiger partial charge in [-0.25, -0.2) is 21.7 Å². The molecule has 0 radical (unpaired) electrons. The van der Waals surface area contributed by atoms with Crippen LogP contribution < -0.4 is 0 Å². The fraction of sp³-hybridized carbons (Fsp3) is 0.136. The van der Waals surface area contributed by atoms with Crippen LogP contribution in [0, 0.1) is 30.8 Å². The molecule has 0 atom stereocenters. The molecule has 2 N–H and O–H groups in total. The predicted molar refractivity (Wildman–Crippen MR) is 112 cm³/mol. The quantitative estimate of drug-likeness (QED) is 0.379. The van der Waals surface area contributed by atoms with Crippen LogP contribution in [0.5, 0.6) is 0 Å². The standard InChI is InChI=1S/C9H7.C5H5.2C3H2O2.C2H6Si.Ti/c1-2-5-9-7-3-6-8(9)4-1;1-2-4-5-3-1;2*1-2-3(4)5;1-3-2;/h1-7H;1-3H,4H2;2*1H,(H,4,5);1-2H3;/q2*-1;;;;+2. The first-order valence-corrected chi connectivity index (χ1v) is 12.8. The van der Waals surface area contributed by atoms with E-state index in [2.05, 4.69) is 99.7 Å². The first kappa shape index (κ1) is 27.5. The van der Waals surface area contributed by atoms with Crippen LogP contribution in [-0.2, 0) is 28.8 Å². The van der Waals surface area contributed by atoms with Gasteiger partial charge in [-0.05, 0) is 0 Å². The number of carboxylic acid groups (broad SMARTS) is 2. The molecule has 2 aromatic rings. The van der Waals surface area contributed by atoms with Crippen LogP contribution in [0.1, 0.15) is 6.42 Å². The second kappa shape index (κ2) is 19.1. The zero-order chi connectivity index (χ0) is 21.8. The summed E-state index contributed by atoms with van der Waals surface area (Å²) in [6.07, 6.45) is 18.8. The van der Waals surface area contributed by atoms with Gasteiger partial charge < -0.3 is 10.2 Å². The normalized spacial score (nSPS) is 9.36. The van der Waals surface area contributed by atoms with Crippen molar-refractivity contribution in [1.29, 1.82) is 0 Å². The summed E-state index contributed by atoms with van der Waals surface area (Å²) in [7, 11) is 0. The summed E-state index contributed by atoms with van der Waals surface area (Å²) in [5, 5.41) is 17.6. The van der Waals surface area contributed by atoms with E-state index in [1.165, 1.54) is 22.6 Å². The molecule has 4 nitrogen and oxygen atoms in total. The Kier molecular flexibility index (Phi) is 18.7. The van der Waals surface area contributed by atoms with Crippen molar-refractivity contribution in [2.45, 2.75) is 19.5 Å². The Hall–Kier alpha value is -2.70. The van der Waals surface area contributed by atoms with Gasteiger partial charge in [-0.1, -0.05) is 6.07 Å². The summed E-state index contributed by atoms with van der Waals surface area (Å²) < 4.78 is 0. The SMILES string of the molecule is C#CC(=O)O.C#CC(=O)O.C[Si](C)=[Ti+2].[C-]1=CC=CC1.c1ccc2[cH-]ccc2c1. The topological polar surface area (TPSA) is 74.6 Å². The molecule has 28 heavy (non-hydrogen) atoms. The molecule has 2 aromatic carbocycles. The van der Waals surface area contributed by atoms with Gasteiger partial charge in [-0.15, -0.1) is 48.9 Å². The van der Waals surface area contributed by atoms with E-state index in [9.17, 15) is 0 Å². The Morgan fingerprint density at radius 3 is 1.96 bits per heavy atom. The molecule has 0 fully saturated rings. The minimum atomic E-state index is -1.22. The number of rotatable bonds is 0. The van der Waals surface area contributed by atoms with Gasteiger partial charge in [0.05, 0.1) is 0 Å². The van der Waals surface area contributed by atoms with Crippen molar-refractivity contribution >= 4 is 28.9 Å². The smallest absolute Gasteiger partial charge is 0.0809 e. The summed E-state index contributed by atoms with van der Waals surface area (Å²) in [4.78, 5) is 18.3. The summed E-state index contributed by atoms with van der Waals surface area (Å²) in [5.74, 6) is 0.454. The molecule has 0 unspecified atom stereocenters. The number of terminal acetylenes is 2. The molecular formula is C22H22O4SiTi. The molecule has 142 valence electrons. The molecule has 0 aliphatic heterocycles. The number of aliphatic carboxylic acids is 2. The minimum Gasteiger partial charge on any atom is -0.273 e. The fourth-order valence-corrected chi connectivity index (χ4v) is 1.41. The summed E-state index contributed by atoms with van der Waals surface area (Å²) in [6.45, 7) is 4.54. The second-order valence-electron chi connectivity index (χ2n) is 5.06. The predicted octanol–water partition coefficient (Wildman–Crippen LogP) is 4.06. The van der Waals surface area contributed by atoms with Crippen molar-refractivity contribution < 1.29 is 39.0 Å². The van der Waals surface area contributed by atoms with Crippen LogP contribution in [0.2, 0.25) is 13.1 Å². The van der Waals surface area contributed by atoms with Crippen LogP contribution in [-0.4, -0.2) is 28.3 Å². The van der Waals surface area contributed by atoms with Gasteiger partial charge >= 0.3 is 50.4 Å². The number of benzene rings is 1. The minimum absolute atomic E-state index is 0.120. The van der Waals surface area contributed by atoms with E-state index >= 15 is 0 Å². The van der Waals surface area contributed by atoms with Crippen molar-refractivity contribution in [3.8, 4) is 24.7 Å². The van der Waals surface area contributed by atoms with Gasteiger partial charge in [0.15, 0.2) is 0 Å². The van der Waals surface area contributed by atoms with E-state index in [1.807, 2.05) is 12.2 Å². The molecule has 3 rings (SSSR count). The van der Waals surface area contributed by atoms with Crippen LogP contribution in [0.25, 0.3) is 10.8 Å². The van der Waals surface area contributed by atoms with Gasteiger partial charge in [0.2, 0.25) is 0 Å². The molecule has 0 saturated carbocycles. The Bertz CT molecular complexity index is 812. The molecule has 0 saturated heterocycles. The third-order valence-electron chi connectivity index (χ3n) is 2.38. The van der Waals surface area contributed by atoms with Gasteiger partial charge in [0, 0.05) is 11.8 Å². The number of hydrogen-bond donors (Lipinski definition) is 2. The summed E-state index contributed by atoms with van der Waals surface area (Å²) >= 11 is 2.27. The maximum absolute atomic E-state index is 9.13. The largest absolute Gasteiger partial charge is 0.273 e. The van der Waals surface area contributed by atoms with E-state index < -0.39 is 11.9 Å². The number of carbonyl (C=O) groups is 2. The van der Waals surface area contributed by atoms with Gasteiger partial charge in [-0.3, -0.25) is 6.08 Å². The maximum Gasteiger partial charge on any atom is -0.0809 e. The first-order chi connectivity index (χ1) is 13.2. The molecule has 1 aliphatic carbocycles. The van der Waals surface area contributed by atoms with Crippen LogP contribution in [0.3, 0.4) is 0 Å². The number of hydrogen-bond acceptors (Lipinski definition) is 2. The molecule has 6 heteroatoms. The zero-order valence-electron chi connectivity index (χ0n) is 15.8. The summed E-state index contributed by atoms with van der Waals surface area (Å²) in [6, 6.07) is 14.7. The van der Waals surface area contributed by atoms with Crippen molar-refractivity contribution in [2.24, 2.45) is 0 Å². The number of fused-ring (bicyclic) bond motifs is 1. The Labute approximate surface area is 178 Å². The maximum atomic E-state index is 9.13.